The molecule has 0 radical (unpaired) electrons. The van der Waals surface area contributed by atoms with Gasteiger partial charge in [0.15, 0.2) is 6.61 Å². The number of nitrogens with zero attached hydrogens (tertiary/aromatic N) is 3. The third-order valence-electron chi connectivity index (χ3n) is 8.26. The van der Waals surface area contributed by atoms with Gasteiger partial charge >= 0.3 is 12.1 Å². The number of esters is 1. The van der Waals surface area contributed by atoms with Gasteiger partial charge in [0, 0.05) is 37.8 Å². The maximum absolute atomic E-state index is 14.6. The highest BCUT2D eigenvalue weighted by Crippen LogP contribution is 2.43. The van der Waals surface area contributed by atoms with Crippen LogP contribution < -0.4 is 14.5 Å². The summed E-state index contributed by atoms with van der Waals surface area (Å²) in [6.07, 6.45) is 2.34. The number of anilines is 2. The zero-order chi connectivity index (χ0) is 32.3. The van der Waals surface area contributed by atoms with Gasteiger partial charge in [0.25, 0.3) is 5.91 Å². The number of piperidine rings is 1. The topological polar surface area (TPSA) is 126 Å². The number of rotatable bonds is 9. The Morgan fingerprint density at radius 3 is 2.56 bits per heavy atom. The molecule has 5 rings (SSSR count). The van der Waals surface area contributed by atoms with Gasteiger partial charge in [-0.2, -0.15) is 0 Å². The Morgan fingerprint density at radius 1 is 1.09 bits per heavy atom. The fourth-order valence-electron chi connectivity index (χ4n) is 6.08. The predicted octanol–water partition coefficient (Wildman–Crippen LogP) is 5.00. The maximum Gasteiger partial charge on any atom is 0.410 e. The van der Waals surface area contributed by atoms with E-state index in [0.717, 1.165) is 18.4 Å². The molecule has 2 aromatic carbocycles. The second-order valence-electron chi connectivity index (χ2n) is 12.9. The van der Waals surface area contributed by atoms with Crippen molar-refractivity contribution in [3.05, 3.63) is 48.0 Å². The van der Waals surface area contributed by atoms with Crippen LogP contribution in [0.4, 0.5) is 16.2 Å². The van der Waals surface area contributed by atoms with Gasteiger partial charge in [0.2, 0.25) is 5.91 Å². The first-order chi connectivity index (χ1) is 21.4. The van der Waals surface area contributed by atoms with Gasteiger partial charge in [0.1, 0.15) is 17.1 Å². The molecule has 3 aliphatic rings. The molecule has 11 heteroatoms. The lowest BCUT2D eigenvalue weighted by atomic mass is 9.79. The van der Waals surface area contributed by atoms with Crippen molar-refractivity contribution in [3.63, 3.8) is 0 Å². The molecule has 45 heavy (non-hydrogen) atoms. The monoisotopic (exact) mass is 621 g/mol. The number of amides is 3. The van der Waals surface area contributed by atoms with Gasteiger partial charge in [0.05, 0.1) is 18.2 Å². The Hall–Kier alpha value is -4.28. The molecule has 0 bridgehead atoms. The molecule has 1 saturated heterocycles. The Kier molecular flexibility index (Phi) is 9.55. The van der Waals surface area contributed by atoms with Crippen LogP contribution in [0.25, 0.3) is 0 Å². The summed E-state index contributed by atoms with van der Waals surface area (Å²) < 4.78 is 16.4. The molecule has 242 valence electrons. The van der Waals surface area contributed by atoms with E-state index in [1.807, 2.05) is 39.0 Å². The van der Waals surface area contributed by atoms with E-state index in [0.29, 0.717) is 49.7 Å². The summed E-state index contributed by atoms with van der Waals surface area (Å²) >= 11 is 0. The molecule has 1 aliphatic carbocycles. The lowest BCUT2D eigenvalue weighted by molar-refractivity contribution is -0.143. The van der Waals surface area contributed by atoms with Crippen LogP contribution in [-0.2, 0) is 23.9 Å². The number of likely N-dealkylation sites (tertiary alicyclic amines) is 1. The number of phenolic OH excluding ortho intramolecular Hbond substituents is 1. The zero-order valence-corrected chi connectivity index (χ0v) is 26.5. The number of phenols is 1. The van der Waals surface area contributed by atoms with Gasteiger partial charge in [-0.05, 0) is 95.2 Å². The van der Waals surface area contributed by atoms with Crippen LogP contribution >= 0.6 is 0 Å². The van der Waals surface area contributed by atoms with Gasteiger partial charge in [-0.1, -0.05) is 12.1 Å². The zero-order valence-electron chi connectivity index (χ0n) is 26.5. The molecule has 1 N–H and O–H groups in total. The highest BCUT2D eigenvalue weighted by Gasteiger charge is 2.44. The van der Waals surface area contributed by atoms with E-state index in [-0.39, 0.29) is 55.1 Å². The van der Waals surface area contributed by atoms with Crippen LogP contribution in [0.1, 0.15) is 71.3 Å². The van der Waals surface area contributed by atoms with Crippen molar-refractivity contribution < 1.29 is 38.5 Å². The molecule has 2 aliphatic heterocycles. The van der Waals surface area contributed by atoms with E-state index in [1.54, 1.807) is 45.9 Å². The van der Waals surface area contributed by atoms with Crippen LogP contribution in [0.2, 0.25) is 0 Å². The van der Waals surface area contributed by atoms with E-state index in [9.17, 15) is 24.3 Å². The lowest BCUT2D eigenvalue weighted by Gasteiger charge is -2.41. The molecule has 3 amide bonds. The number of hydrogen-bond donors (Lipinski definition) is 1. The first kappa shape index (κ1) is 32.1. The van der Waals surface area contributed by atoms with E-state index in [1.165, 1.54) is 0 Å². The standard InChI is InChI=1S/C34H43N3O8/c1-5-43-31(40)10-7-16-36-28-19-24(13-14-29(28)44-21-30(36)39)37(23-11-12-23)32(41)27-20-35(33(42)45-34(2,3)4)17-15-26(27)22-8-6-9-25(38)18-22/h6,8-9,13-14,18-19,23,26-27,38H,5,7,10-12,15-17,20-21H2,1-4H3/t26-,27?/m1/s1. The van der Waals surface area contributed by atoms with Gasteiger partial charge < -0.3 is 34.0 Å². The molecule has 1 unspecified atom stereocenters. The largest absolute Gasteiger partial charge is 0.508 e. The number of ether oxygens (including phenoxy) is 3. The van der Waals surface area contributed by atoms with Crippen molar-refractivity contribution in [2.24, 2.45) is 5.92 Å². The number of aromatic hydroxyl groups is 1. The normalized spacial score (nSPS) is 19.8. The molecular weight excluding hydrogens is 578 g/mol. The quantitative estimate of drug-likeness (QED) is 0.388. The van der Waals surface area contributed by atoms with E-state index >= 15 is 0 Å². The third kappa shape index (κ3) is 7.69. The van der Waals surface area contributed by atoms with Gasteiger partial charge in [-0.3, -0.25) is 14.4 Å². The van der Waals surface area contributed by atoms with E-state index in [2.05, 4.69) is 0 Å². The highest BCUT2D eigenvalue weighted by atomic mass is 16.6. The average molecular weight is 622 g/mol. The summed E-state index contributed by atoms with van der Waals surface area (Å²) in [5, 5.41) is 10.2. The van der Waals surface area contributed by atoms with Crippen molar-refractivity contribution in [3.8, 4) is 11.5 Å². The molecule has 2 atom stereocenters. The van der Waals surface area contributed by atoms with Crippen molar-refractivity contribution in [2.75, 3.05) is 42.6 Å². The molecule has 2 heterocycles. The lowest BCUT2D eigenvalue weighted by Crippen LogP contribution is -2.51. The summed E-state index contributed by atoms with van der Waals surface area (Å²) in [5.74, 6) is -0.839. The van der Waals surface area contributed by atoms with Crippen LogP contribution in [0.15, 0.2) is 42.5 Å². The molecule has 2 fully saturated rings. The fourth-order valence-corrected chi connectivity index (χ4v) is 6.08. The molecule has 2 aromatic rings. The molecule has 11 nitrogen and oxygen atoms in total. The predicted molar refractivity (Wildman–Crippen MR) is 167 cm³/mol. The number of hydrogen-bond acceptors (Lipinski definition) is 8. The molecule has 1 saturated carbocycles. The minimum atomic E-state index is -0.677. The number of carbonyl (C=O) groups excluding carboxylic acids is 4. The fraction of sp³-hybridized carbons (Fsp3) is 0.529. The second-order valence-corrected chi connectivity index (χ2v) is 12.9. The first-order valence-corrected chi connectivity index (χ1v) is 15.8. The summed E-state index contributed by atoms with van der Waals surface area (Å²) in [6.45, 7) is 8.28. The summed E-state index contributed by atoms with van der Waals surface area (Å²) in [5.41, 5.74) is 1.35. The van der Waals surface area contributed by atoms with Crippen LogP contribution in [-0.4, -0.2) is 78.4 Å². The minimum absolute atomic E-state index is 0.0187. The van der Waals surface area contributed by atoms with Crippen molar-refractivity contribution in [1.82, 2.24) is 4.90 Å². The molecule has 0 aromatic heterocycles. The smallest absolute Gasteiger partial charge is 0.410 e. The SMILES string of the molecule is CCOC(=O)CCCN1C(=O)COc2ccc(N(C(=O)C3CN(C(=O)OC(C)(C)C)CC[C@@H]3c3cccc(O)c3)C3CC3)cc21. The third-order valence-corrected chi connectivity index (χ3v) is 8.26. The molecule has 0 spiro atoms. The first-order valence-electron chi connectivity index (χ1n) is 15.8. The van der Waals surface area contributed by atoms with Crippen LogP contribution in [0.5, 0.6) is 11.5 Å². The number of carbonyl (C=O) groups is 4. The summed E-state index contributed by atoms with van der Waals surface area (Å²) in [7, 11) is 0. The maximum atomic E-state index is 14.6. The van der Waals surface area contributed by atoms with Crippen molar-refractivity contribution in [2.45, 2.75) is 77.4 Å². The van der Waals surface area contributed by atoms with E-state index in [4.69, 9.17) is 14.2 Å². The summed E-state index contributed by atoms with van der Waals surface area (Å²) in [6, 6.07) is 12.4. The van der Waals surface area contributed by atoms with Gasteiger partial charge in [-0.15, -0.1) is 0 Å². The van der Waals surface area contributed by atoms with Gasteiger partial charge in [-0.25, -0.2) is 4.79 Å². The Bertz CT molecular complexity index is 1430. The van der Waals surface area contributed by atoms with Crippen molar-refractivity contribution in [1.29, 1.82) is 0 Å². The average Bonchev–Trinajstić information content (AvgIpc) is 3.82. The van der Waals surface area contributed by atoms with Crippen LogP contribution in [0, 0.1) is 5.92 Å². The highest BCUT2D eigenvalue weighted by molar-refractivity contribution is 6.01. The Labute approximate surface area is 264 Å². The van der Waals surface area contributed by atoms with E-state index < -0.39 is 17.6 Å². The summed E-state index contributed by atoms with van der Waals surface area (Å²) in [4.78, 5) is 57.6. The van der Waals surface area contributed by atoms with Crippen molar-refractivity contribution >= 4 is 35.3 Å². The molecular formula is C34H43N3O8. The Balaban J connectivity index is 1.44. The van der Waals surface area contributed by atoms with Crippen LogP contribution in [0.3, 0.4) is 0 Å². The number of benzene rings is 2. The minimum Gasteiger partial charge on any atom is -0.508 e. The number of fused-ring (bicyclic) bond motifs is 1. The second kappa shape index (κ2) is 13.4. The Morgan fingerprint density at radius 2 is 1.87 bits per heavy atom.